The summed E-state index contributed by atoms with van der Waals surface area (Å²) in [6.45, 7) is 15.1. The van der Waals surface area contributed by atoms with Crippen LogP contribution in [-0.4, -0.2) is 23.9 Å². The second-order valence-electron chi connectivity index (χ2n) is 15.0. The summed E-state index contributed by atoms with van der Waals surface area (Å²) in [5.74, 6) is 0.627. The molecule has 2 heteroatoms. The molecule has 0 N–H and O–H groups in total. The number of fused-ring (bicyclic) bond motifs is 6. The SMILES string of the molecule is Cc1ccccc1CC1(C)C(/C=C/C=C/C=C2/N(C)c3ccc4ccccc4c3C2(C)C)=[N+](CCC(C)C)c2ccc3ccccc3c21. The topological polar surface area (TPSA) is 6.25 Å². The highest BCUT2D eigenvalue weighted by Gasteiger charge is 2.49. The summed E-state index contributed by atoms with van der Waals surface area (Å²) in [6, 6.07) is 35.8. The molecule has 7 rings (SSSR count). The highest BCUT2D eigenvalue weighted by molar-refractivity contribution is 6.08. The average molecular weight is 630 g/mol. The number of aryl methyl sites for hydroxylation is 1. The van der Waals surface area contributed by atoms with Gasteiger partial charge < -0.3 is 4.90 Å². The first-order chi connectivity index (χ1) is 23.1. The largest absolute Gasteiger partial charge is 0.347 e. The minimum Gasteiger partial charge on any atom is -0.347 e. The molecule has 0 saturated carbocycles. The van der Waals surface area contributed by atoms with Crippen LogP contribution in [0.4, 0.5) is 11.4 Å². The van der Waals surface area contributed by atoms with Crippen LogP contribution in [0.5, 0.6) is 0 Å². The average Bonchev–Trinajstić information content (AvgIpc) is 3.43. The summed E-state index contributed by atoms with van der Waals surface area (Å²) in [4.78, 5) is 2.37. The molecule has 2 heterocycles. The van der Waals surface area contributed by atoms with Crippen LogP contribution in [0.3, 0.4) is 0 Å². The Balaban J connectivity index is 1.29. The molecular formula is C46H49N2+. The molecule has 2 aliphatic rings. The van der Waals surface area contributed by atoms with E-state index in [1.54, 1.807) is 0 Å². The molecule has 1 atom stereocenters. The van der Waals surface area contributed by atoms with Crippen molar-refractivity contribution in [2.75, 3.05) is 18.5 Å². The maximum absolute atomic E-state index is 2.62. The minimum atomic E-state index is -0.182. The molecule has 0 saturated heterocycles. The third-order valence-electron chi connectivity index (χ3n) is 11.0. The van der Waals surface area contributed by atoms with Crippen molar-refractivity contribution in [1.82, 2.24) is 0 Å². The number of hydrogen-bond acceptors (Lipinski definition) is 1. The Morgan fingerprint density at radius 3 is 2.08 bits per heavy atom. The number of likely N-dealkylation sites (N-methyl/N-ethyl adjacent to an activating group) is 1. The van der Waals surface area contributed by atoms with Crippen LogP contribution >= 0.6 is 0 Å². The summed E-state index contributed by atoms with van der Waals surface area (Å²) in [5, 5.41) is 5.32. The van der Waals surface area contributed by atoms with Gasteiger partial charge >= 0.3 is 0 Å². The van der Waals surface area contributed by atoms with E-state index in [9.17, 15) is 0 Å². The smallest absolute Gasteiger partial charge is 0.210 e. The molecule has 0 aliphatic carbocycles. The zero-order valence-electron chi connectivity index (χ0n) is 29.7. The molecule has 5 aromatic carbocycles. The van der Waals surface area contributed by atoms with Gasteiger partial charge in [0.25, 0.3) is 0 Å². The van der Waals surface area contributed by atoms with Gasteiger partial charge in [-0.3, -0.25) is 0 Å². The van der Waals surface area contributed by atoms with E-state index in [4.69, 9.17) is 0 Å². The number of anilines is 1. The molecule has 2 nitrogen and oxygen atoms in total. The fraction of sp³-hybridized carbons (Fsp3) is 0.283. The van der Waals surface area contributed by atoms with E-state index in [0.717, 1.165) is 19.4 Å². The molecule has 0 radical (unpaired) electrons. The lowest BCUT2D eigenvalue weighted by atomic mass is 9.72. The lowest BCUT2D eigenvalue weighted by Gasteiger charge is -2.25. The van der Waals surface area contributed by atoms with Crippen LogP contribution in [0.1, 0.15) is 63.3 Å². The first-order valence-electron chi connectivity index (χ1n) is 17.6. The number of benzene rings is 5. The van der Waals surface area contributed by atoms with Crippen molar-refractivity contribution < 1.29 is 4.58 Å². The van der Waals surface area contributed by atoms with E-state index in [2.05, 4.69) is 186 Å². The van der Waals surface area contributed by atoms with Crippen LogP contribution < -0.4 is 4.90 Å². The molecule has 0 amide bonds. The fourth-order valence-corrected chi connectivity index (χ4v) is 8.44. The van der Waals surface area contributed by atoms with E-state index in [0.29, 0.717) is 5.92 Å². The van der Waals surface area contributed by atoms with Gasteiger partial charge in [-0.15, -0.1) is 0 Å². The minimum absolute atomic E-state index is 0.0956. The lowest BCUT2D eigenvalue weighted by molar-refractivity contribution is -0.439. The van der Waals surface area contributed by atoms with Crippen molar-refractivity contribution in [2.24, 2.45) is 5.92 Å². The normalized spacial score (nSPS) is 19.6. The predicted molar refractivity (Wildman–Crippen MR) is 207 cm³/mol. The molecule has 1 unspecified atom stereocenters. The van der Waals surface area contributed by atoms with Gasteiger partial charge in [0, 0.05) is 48.0 Å². The van der Waals surface area contributed by atoms with Gasteiger partial charge in [0.05, 0.1) is 5.41 Å². The summed E-state index contributed by atoms with van der Waals surface area (Å²) in [7, 11) is 2.21. The quantitative estimate of drug-likeness (QED) is 0.122. The second kappa shape index (κ2) is 12.4. The Kier molecular flexibility index (Phi) is 8.24. The van der Waals surface area contributed by atoms with Crippen molar-refractivity contribution >= 4 is 38.6 Å². The monoisotopic (exact) mass is 629 g/mol. The number of allylic oxidation sites excluding steroid dienone is 6. The first-order valence-corrected chi connectivity index (χ1v) is 17.6. The molecule has 0 spiro atoms. The molecule has 0 bridgehead atoms. The Labute approximate surface area is 287 Å². The fourth-order valence-electron chi connectivity index (χ4n) is 8.44. The lowest BCUT2D eigenvalue weighted by Crippen LogP contribution is -2.34. The van der Waals surface area contributed by atoms with E-state index in [1.165, 1.54) is 66.6 Å². The zero-order valence-corrected chi connectivity index (χ0v) is 29.7. The maximum atomic E-state index is 2.62. The summed E-state index contributed by atoms with van der Waals surface area (Å²) >= 11 is 0. The van der Waals surface area contributed by atoms with Crippen LogP contribution in [-0.2, 0) is 17.3 Å². The highest BCUT2D eigenvalue weighted by atomic mass is 15.2. The molecule has 242 valence electrons. The van der Waals surface area contributed by atoms with Crippen molar-refractivity contribution in [3.05, 3.63) is 155 Å². The van der Waals surface area contributed by atoms with Gasteiger partial charge in [0.1, 0.15) is 6.54 Å². The van der Waals surface area contributed by atoms with Crippen molar-refractivity contribution in [1.29, 1.82) is 0 Å². The highest BCUT2D eigenvalue weighted by Crippen LogP contribution is 2.50. The van der Waals surface area contributed by atoms with Gasteiger partial charge in [0.2, 0.25) is 5.69 Å². The number of nitrogens with zero attached hydrogens (tertiary/aromatic N) is 2. The number of hydrogen-bond donors (Lipinski definition) is 0. The van der Waals surface area contributed by atoms with Crippen LogP contribution in [0.15, 0.2) is 133 Å². The van der Waals surface area contributed by atoms with Crippen molar-refractivity contribution in [3.63, 3.8) is 0 Å². The van der Waals surface area contributed by atoms with Crippen LogP contribution in [0.25, 0.3) is 21.5 Å². The van der Waals surface area contributed by atoms with Gasteiger partial charge in [-0.2, -0.15) is 4.58 Å². The summed E-state index contributed by atoms with van der Waals surface area (Å²) < 4.78 is 2.62. The van der Waals surface area contributed by atoms with Crippen molar-refractivity contribution in [3.8, 4) is 0 Å². The number of rotatable bonds is 8. The van der Waals surface area contributed by atoms with Crippen molar-refractivity contribution in [2.45, 2.75) is 65.2 Å². The molecular weight excluding hydrogens is 581 g/mol. The van der Waals surface area contributed by atoms with E-state index >= 15 is 0 Å². The third-order valence-corrected chi connectivity index (χ3v) is 11.0. The first kappa shape index (κ1) is 31.9. The Hall–Kier alpha value is -4.69. The predicted octanol–water partition coefficient (Wildman–Crippen LogP) is 11.4. The maximum Gasteiger partial charge on any atom is 0.210 e. The van der Waals surface area contributed by atoms with Gasteiger partial charge in [-0.25, -0.2) is 0 Å². The van der Waals surface area contributed by atoms with E-state index in [1.807, 2.05) is 0 Å². The molecule has 5 aromatic rings. The van der Waals surface area contributed by atoms with E-state index in [-0.39, 0.29) is 10.8 Å². The van der Waals surface area contributed by atoms with Gasteiger partial charge in [0.15, 0.2) is 5.71 Å². The van der Waals surface area contributed by atoms with Crippen LogP contribution in [0.2, 0.25) is 0 Å². The zero-order chi connectivity index (χ0) is 33.6. The standard InChI is InChI=1S/C46H49N2/c1-32(2)29-30-48-40-28-26-35-19-14-16-22-38(35)44(40)46(6,31-36-20-12-11-17-33(36)3)42(48)24-10-8-9-23-41-45(4,5)43-37-21-15-13-18-34(37)25-27-39(43)47(41)7/h8-28,32H,29-31H2,1-7H3/q+1. The van der Waals surface area contributed by atoms with E-state index < -0.39 is 0 Å². The molecule has 2 aliphatic heterocycles. The summed E-state index contributed by atoms with van der Waals surface area (Å²) in [5.41, 5.74) is 10.7. The Morgan fingerprint density at radius 1 is 0.729 bits per heavy atom. The summed E-state index contributed by atoms with van der Waals surface area (Å²) in [6.07, 6.45) is 13.5. The Bertz CT molecular complexity index is 2150. The van der Waals surface area contributed by atoms with Gasteiger partial charge in [-0.1, -0.05) is 125 Å². The molecule has 48 heavy (non-hydrogen) atoms. The molecule has 0 fully saturated rings. The third kappa shape index (κ3) is 5.32. The van der Waals surface area contributed by atoms with Crippen LogP contribution in [0, 0.1) is 12.8 Å². The molecule has 0 aromatic heterocycles. The Morgan fingerprint density at radius 2 is 1.38 bits per heavy atom. The van der Waals surface area contributed by atoms with Gasteiger partial charge in [-0.05, 0) is 82.6 Å². The second-order valence-corrected chi connectivity index (χ2v) is 15.0.